The van der Waals surface area contributed by atoms with E-state index in [-0.39, 0.29) is 17.4 Å². The molecule has 2 heterocycles. The van der Waals surface area contributed by atoms with Gasteiger partial charge in [-0.3, -0.25) is 9.69 Å². The third-order valence-corrected chi connectivity index (χ3v) is 5.87. The standard InChI is InChI=1S/C23H28ClN5O3/c1-23(2,3)17-10-15(6-7-28-8-9-32-21(13-28)25-14-30)11-20(22(17)31)29-26-18-5-4-16(24)12-19(18)27-29/h4-5,10-12,14,21,31H,6-9,13H2,1-3H3,(H,25,30). The van der Waals surface area contributed by atoms with Crippen molar-refractivity contribution in [3.8, 4) is 11.4 Å². The number of aromatic nitrogens is 3. The first kappa shape index (κ1) is 22.5. The fourth-order valence-electron chi connectivity index (χ4n) is 3.91. The number of phenolic OH excluding ortho intramolecular Hbond substituents is 1. The molecule has 0 saturated carbocycles. The summed E-state index contributed by atoms with van der Waals surface area (Å²) < 4.78 is 5.55. The van der Waals surface area contributed by atoms with E-state index in [9.17, 15) is 9.90 Å². The van der Waals surface area contributed by atoms with E-state index in [1.54, 1.807) is 12.1 Å². The second kappa shape index (κ2) is 9.05. The van der Waals surface area contributed by atoms with Crippen molar-refractivity contribution in [1.29, 1.82) is 0 Å². The molecular weight excluding hydrogens is 430 g/mol. The lowest BCUT2D eigenvalue weighted by molar-refractivity contribution is -0.116. The third kappa shape index (κ3) is 4.87. The molecule has 1 fully saturated rings. The Bertz CT molecular complexity index is 1120. The molecule has 1 unspecified atom stereocenters. The number of carbonyl (C=O) groups excluding carboxylic acids is 1. The van der Waals surface area contributed by atoms with Gasteiger partial charge in [0.25, 0.3) is 0 Å². The minimum Gasteiger partial charge on any atom is -0.505 e. The molecule has 0 bridgehead atoms. The highest BCUT2D eigenvalue weighted by atomic mass is 35.5. The zero-order valence-electron chi connectivity index (χ0n) is 18.5. The van der Waals surface area contributed by atoms with E-state index in [0.29, 0.717) is 41.3 Å². The Balaban J connectivity index is 1.64. The van der Waals surface area contributed by atoms with Crippen LogP contribution in [-0.4, -0.2) is 63.9 Å². The summed E-state index contributed by atoms with van der Waals surface area (Å²) in [5.41, 5.74) is 3.57. The van der Waals surface area contributed by atoms with Crippen molar-refractivity contribution in [2.45, 2.75) is 38.8 Å². The predicted octanol–water partition coefficient (Wildman–Crippen LogP) is 3.02. The number of halogens is 1. The first-order valence-corrected chi connectivity index (χ1v) is 11.1. The first-order chi connectivity index (χ1) is 15.2. The third-order valence-electron chi connectivity index (χ3n) is 5.64. The molecule has 1 atom stereocenters. The quantitative estimate of drug-likeness (QED) is 0.553. The number of nitrogens with one attached hydrogen (secondary N) is 1. The van der Waals surface area contributed by atoms with E-state index < -0.39 is 0 Å². The van der Waals surface area contributed by atoms with Crippen LogP contribution in [-0.2, 0) is 21.4 Å². The normalized spacial score (nSPS) is 17.6. The molecule has 1 aliphatic heterocycles. The monoisotopic (exact) mass is 457 g/mol. The smallest absolute Gasteiger partial charge is 0.209 e. The van der Waals surface area contributed by atoms with Crippen LogP contribution < -0.4 is 5.32 Å². The summed E-state index contributed by atoms with van der Waals surface area (Å²) in [7, 11) is 0. The molecule has 1 amide bonds. The number of morpholine rings is 1. The zero-order valence-corrected chi connectivity index (χ0v) is 19.3. The lowest BCUT2D eigenvalue weighted by atomic mass is 9.84. The SMILES string of the molecule is CC(C)(C)c1cc(CCN2CCOC(NC=O)C2)cc(-n2nc3ccc(Cl)cc3n2)c1O. The number of aromatic hydroxyl groups is 1. The van der Waals surface area contributed by atoms with E-state index in [0.717, 1.165) is 30.6 Å². The van der Waals surface area contributed by atoms with Crippen LogP contribution >= 0.6 is 11.6 Å². The lowest BCUT2D eigenvalue weighted by Crippen LogP contribution is -2.49. The summed E-state index contributed by atoms with van der Waals surface area (Å²) in [5, 5.41) is 23.5. The van der Waals surface area contributed by atoms with Gasteiger partial charge in [-0.15, -0.1) is 15.0 Å². The molecule has 8 nitrogen and oxygen atoms in total. The average molecular weight is 458 g/mol. The lowest BCUT2D eigenvalue weighted by Gasteiger charge is -2.32. The van der Waals surface area contributed by atoms with Crippen LogP contribution in [0.15, 0.2) is 30.3 Å². The highest BCUT2D eigenvalue weighted by Gasteiger charge is 2.24. The fraction of sp³-hybridized carbons (Fsp3) is 0.435. The van der Waals surface area contributed by atoms with Gasteiger partial charge in [0.05, 0.1) is 6.61 Å². The van der Waals surface area contributed by atoms with Gasteiger partial charge in [-0.25, -0.2) is 0 Å². The number of hydrogen-bond donors (Lipinski definition) is 2. The Morgan fingerprint density at radius 1 is 1.25 bits per heavy atom. The highest BCUT2D eigenvalue weighted by Crippen LogP contribution is 2.36. The van der Waals surface area contributed by atoms with Crippen molar-refractivity contribution >= 4 is 29.0 Å². The first-order valence-electron chi connectivity index (χ1n) is 10.7. The number of nitrogens with zero attached hydrogens (tertiary/aromatic N) is 4. The van der Waals surface area contributed by atoms with Gasteiger partial charge < -0.3 is 15.2 Å². The molecule has 0 spiro atoms. The van der Waals surface area contributed by atoms with Crippen LogP contribution in [0.25, 0.3) is 16.7 Å². The number of carbonyl (C=O) groups is 1. The summed E-state index contributed by atoms with van der Waals surface area (Å²) in [4.78, 5) is 14.5. The van der Waals surface area contributed by atoms with Crippen LogP contribution in [0.5, 0.6) is 5.75 Å². The summed E-state index contributed by atoms with van der Waals surface area (Å²) in [5.74, 6) is 0.175. The number of ether oxygens (including phenoxy) is 1. The van der Waals surface area contributed by atoms with E-state index in [2.05, 4.69) is 47.3 Å². The van der Waals surface area contributed by atoms with Gasteiger partial charge in [-0.05, 0) is 41.7 Å². The Labute approximate surface area is 192 Å². The molecule has 2 N–H and O–H groups in total. The van der Waals surface area contributed by atoms with E-state index in [1.807, 2.05) is 12.1 Å². The second-order valence-electron chi connectivity index (χ2n) is 9.08. The summed E-state index contributed by atoms with van der Waals surface area (Å²) in [6, 6.07) is 9.34. The second-order valence-corrected chi connectivity index (χ2v) is 9.51. The summed E-state index contributed by atoms with van der Waals surface area (Å²) in [6.07, 6.45) is 1.16. The largest absolute Gasteiger partial charge is 0.505 e. The number of phenols is 1. The Hall–Kier alpha value is -2.68. The van der Waals surface area contributed by atoms with Crippen molar-refractivity contribution in [2.75, 3.05) is 26.2 Å². The van der Waals surface area contributed by atoms with Crippen LogP contribution in [0.2, 0.25) is 5.02 Å². The van der Waals surface area contributed by atoms with Crippen LogP contribution in [0.1, 0.15) is 31.9 Å². The van der Waals surface area contributed by atoms with Crippen molar-refractivity contribution < 1.29 is 14.6 Å². The van der Waals surface area contributed by atoms with Gasteiger partial charge in [-0.1, -0.05) is 38.4 Å². The molecule has 2 aromatic carbocycles. The van der Waals surface area contributed by atoms with Gasteiger partial charge in [0.1, 0.15) is 28.7 Å². The predicted molar refractivity (Wildman–Crippen MR) is 123 cm³/mol. The average Bonchev–Trinajstić information content (AvgIpc) is 3.15. The van der Waals surface area contributed by atoms with E-state index in [4.69, 9.17) is 16.3 Å². The maximum atomic E-state index is 11.1. The molecule has 0 radical (unpaired) electrons. The Kier molecular flexibility index (Phi) is 6.37. The van der Waals surface area contributed by atoms with Crippen molar-refractivity contribution in [3.63, 3.8) is 0 Å². The number of hydrogen-bond acceptors (Lipinski definition) is 6. The molecular formula is C23H28ClN5O3. The minimum atomic E-state index is -0.283. The molecule has 1 saturated heterocycles. The van der Waals surface area contributed by atoms with Gasteiger partial charge in [0.2, 0.25) is 6.41 Å². The highest BCUT2D eigenvalue weighted by molar-refractivity contribution is 6.31. The topological polar surface area (TPSA) is 92.5 Å². The number of rotatable bonds is 6. The van der Waals surface area contributed by atoms with Crippen LogP contribution in [0, 0.1) is 0 Å². The molecule has 170 valence electrons. The minimum absolute atomic E-state index is 0.175. The van der Waals surface area contributed by atoms with Crippen molar-refractivity contribution in [2.24, 2.45) is 0 Å². The number of benzene rings is 2. The van der Waals surface area contributed by atoms with Gasteiger partial charge in [-0.2, -0.15) is 0 Å². The van der Waals surface area contributed by atoms with Crippen molar-refractivity contribution in [1.82, 2.24) is 25.2 Å². The maximum absolute atomic E-state index is 11.1. The Morgan fingerprint density at radius 3 is 2.78 bits per heavy atom. The van der Waals surface area contributed by atoms with E-state index in [1.165, 1.54) is 4.80 Å². The van der Waals surface area contributed by atoms with Crippen LogP contribution in [0.4, 0.5) is 0 Å². The summed E-state index contributed by atoms with van der Waals surface area (Å²) >= 11 is 6.10. The van der Waals surface area contributed by atoms with Crippen LogP contribution in [0.3, 0.4) is 0 Å². The van der Waals surface area contributed by atoms with Gasteiger partial charge >= 0.3 is 0 Å². The molecule has 0 aliphatic carbocycles. The molecule has 1 aromatic heterocycles. The van der Waals surface area contributed by atoms with Crippen molar-refractivity contribution in [3.05, 3.63) is 46.5 Å². The van der Waals surface area contributed by atoms with E-state index >= 15 is 0 Å². The fourth-order valence-corrected chi connectivity index (χ4v) is 4.08. The van der Waals surface area contributed by atoms with Gasteiger partial charge in [0, 0.05) is 30.2 Å². The summed E-state index contributed by atoms with van der Waals surface area (Å²) in [6.45, 7) is 9.04. The maximum Gasteiger partial charge on any atom is 0.209 e. The molecule has 3 aromatic rings. The Morgan fingerprint density at radius 2 is 2.03 bits per heavy atom. The molecule has 9 heteroatoms. The van der Waals surface area contributed by atoms with Gasteiger partial charge in [0.15, 0.2) is 0 Å². The number of amides is 1. The zero-order chi connectivity index (χ0) is 22.9. The molecule has 1 aliphatic rings. The molecule has 32 heavy (non-hydrogen) atoms. The molecule has 4 rings (SSSR count). The number of fused-ring (bicyclic) bond motifs is 1.